The lowest BCUT2D eigenvalue weighted by atomic mass is 9.99. The van der Waals surface area contributed by atoms with E-state index in [2.05, 4.69) is 12.2 Å². The SMILES string of the molecule is CCCCCCCCCCCCCCCC/C=C/C(O)C(COC1OC(CO)C(O)C(O)C1O)NC(=O)CC. The minimum atomic E-state index is -1.56. The predicted octanol–water partition coefficient (Wildman–Crippen LogP) is 3.49. The Hall–Kier alpha value is -1.07. The van der Waals surface area contributed by atoms with Crippen molar-refractivity contribution >= 4 is 5.91 Å². The molecule has 9 heteroatoms. The summed E-state index contributed by atoms with van der Waals surface area (Å²) in [6.45, 7) is 3.19. The number of hydrogen-bond acceptors (Lipinski definition) is 8. The van der Waals surface area contributed by atoms with E-state index in [1.54, 1.807) is 13.0 Å². The summed E-state index contributed by atoms with van der Waals surface area (Å²) in [7, 11) is 0. The van der Waals surface area contributed by atoms with Crippen molar-refractivity contribution in [2.45, 2.75) is 159 Å². The highest BCUT2D eigenvalue weighted by Gasteiger charge is 2.44. The lowest BCUT2D eigenvalue weighted by molar-refractivity contribution is -0.302. The molecule has 0 aromatic heterocycles. The monoisotopic (exact) mass is 559 g/mol. The average Bonchev–Trinajstić information content (AvgIpc) is 2.94. The maximum absolute atomic E-state index is 12.0. The van der Waals surface area contributed by atoms with E-state index in [1.165, 1.54) is 77.0 Å². The fourth-order valence-corrected chi connectivity index (χ4v) is 4.76. The Morgan fingerprint density at radius 2 is 1.38 bits per heavy atom. The van der Waals surface area contributed by atoms with Crippen molar-refractivity contribution in [2.24, 2.45) is 0 Å². The van der Waals surface area contributed by atoms with Crippen LogP contribution in [0.1, 0.15) is 117 Å². The third-order valence-corrected chi connectivity index (χ3v) is 7.43. The zero-order valence-corrected chi connectivity index (χ0v) is 24.4. The van der Waals surface area contributed by atoms with Gasteiger partial charge in [-0.25, -0.2) is 0 Å². The molecule has 1 fully saturated rings. The second-order valence-electron chi connectivity index (χ2n) is 10.9. The standard InChI is InChI=1S/C30H57NO8/c1-3-5-6-7-8-9-10-11-12-13-14-15-16-17-18-19-20-24(33)23(31-26(34)4-2)22-38-30-29(37)28(36)27(35)25(21-32)39-30/h19-20,23-25,27-30,32-33,35-37H,3-18,21-22H2,1-2H3,(H,31,34)/b20-19+. The van der Waals surface area contributed by atoms with Gasteiger partial charge >= 0.3 is 0 Å². The molecule has 9 nitrogen and oxygen atoms in total. The number of amides is 1. The Bertz CT molecular complexity index is 632. The number of ether oxygens (including phenoxy) is 2. The molecular formula is C30H57NO8. The molecule has 0 bridgehead atoms. The Kier molecular flexibility index (Phi) is 20.8. The highest BCUT2D eigenvalue weighted by atomic mass is 16.7. The number of aliphatic hydroxyl groups excluding tert-OH is 5. The van der Waals surface area contributed by atoms with Gasteiger partial charge in [-0.2, -0.15) is 0 Å². The molecule has 0 saturated carbocycles. The van der Waals surface area contributed by atoms with E-state index in [-0.39, 0.29) is 18.9 Å². The van der Waals surface area contributed by atoms with Gasteiger partial charge in [-0.15, -0.1) is 0 Å². The Morgan fingerprint density at radius 1 is 0.846 bits per heavy atom. The van der Waals surface area contributed by atoms with E-state index < -0.39 is 49.5 Å². The zero-order valence-electron chi connectivity index (χ0n) is 24.4. The minimum absolute atomic E-state index is 0.196. The van der Waals surface area contributed by atoms with Crippen LogP contribution in [0.5, 0.6) is 0 Å². The van der Waals surface area contributed by atoms with Crippen LogP contribution in [0.3, 0.4) is 0 Å². The number of carbonyl (C=O) groups is 1. The second kappa shape index (κ2) is 22.6. The summed E-state index contributed by atoms with van der Waals surface area (Å²) in [5, 5.41) is 52.7. The molecule has 6 N–H and O–H groups in total. The maximum atomic E-state index is 12.0. The van der Waals surface area contributed by atoms with Crippen LogP contribution >= 0.6 is 0 Å². The summed E-state index contributed by atoms with van der Waals surface area (Å²) in [6, 6.07) is -0.794. The molecule has 0 aromatic carbocycles. The van der Waals surface area contributed by atoms with Gasteiger partial charge in [0.15, 0.2) is 6.29 Å². The van der Waals surface area contributed by atoms with Crippen LogP contribution in [0, 0.1) is 0 Å². The number of unbranched alkanes of at least 4 members (excludes halogenated alkanes) is 14. The Morgan fingerprint density at radius 3 is 1.90 bits per heavy atom. The smallest absolute Gasteiger partial charge is 0.220 e. The number of carbonyl (C=O) groups excluding carboxylic acids is 1. The van der Waals surface area contributed by atoms with Crippen molar-refractivity contribution in [1.29, 1.82) is 0 Å². The molecule has 0 aliphatic carbocycles. The second-order valence-corrected chi connectivity index (χ2v) is 10.9. The first-order valence-corrected chi connectivity index (χ1v) is 15.4. The molecule has 1 aliphatic heterocycles. The topological polar surface area (TPSA) is 149 Å². The molecule has 1 rings (SSSR count). The number of hydrogen-bond donors (Lipinski definition) is 6. The summed E-state index contributed by atoms with van der Waals surface area (Å²) in [5.41, 5.74) is 0. The molecule has 0 spiro atoms. The molecule has 1 heterocycles. The first-order valence-electron chi connectivity index (χ1n) is 15.4. The van der Waals surface area contributed by atoms with Crippen LogP contribution < -0.4 is 5.32 Å². The van der Waals surface area contributed by atoms with Gasteiger partial charge < -0.3 is 40.3 Å². The largest absolute Gasteiger partial charge is 0.394 e. The quantitative estimate of drug-likeness (QED) is 0.0823. The van der Waals surface area contributed by atoms with Crippen LogP contribution in [-0.4, -0.2) is 87.5 Å². The fraction of sp³-hybridized carbons (Fsp3) is 0.900. The number of rotatable bonds is 23. The highest BCUT2D eigenvalue weighted by molar-refractivity contribution is 5.75. The van der Waals surface area contributed by atoms with E-state index >= 15 is 0 Å². The molecule has 7 unspecified atom stereocenters. The van der Waals surface area contributed by atoms with Crippen molar-refractivity contribution in [3.8, 4) is 0 Å². The highest BCUT2D eigenvalue weighted by Crippen LogP contribution is 2.22. The van der Waals surface area contributed by atoms with Gasteiger partial charge in [-0.3, -0.25) is 4.79 Å². The molecule has 1 amide bonds. The molecule has 230 valence electrons. The van der Waals surface area contributed by atoms with E-state index in [4.69, 9.17) is 9.47 Å². The van der Waals surface area contributed by atoms with Gasteiger partial charge in [0, 0.05) is 6.42 Å². The molecular weight excluding hydrogens is 502 g/mol. The maximum Gasteiger partial charge on any atom is 0.220 e. The van der Waals surface area contributed by atoms with Crippen molar-refractivity contribution in [2.75, 3.05) is 13.2 Å². The van der Waals surface area contributed by atoms with Crippen molar-refractivity contribution in [1.82, 2.24) is 5.32 Å². The van der Waals surface area contributed by atoms with E-state index in [0.29, 0.717) is 0 Å². The van der Waals surface area contributed by atoms with Crippen molar-refractivity contribution in [3.63, 3.8) is 0 Å². The van der Waals surface area contributed by atoms with Crippen LogP contribution in [0.2, 0.25) is 0 Å². The summed E-state index contributed by atoms with van der Waals surface area (Å²) in [4.78, 5) is 12.0. The fourth-order valence-electron chi connectivity index (χ4n) is 4.76. The average molecular weight is 560 g/mol. The first kappa shape index (κ1) is 36.0. The molecule has 1 aliphatic rings. The minimum Gasteiger partial charge on any atom is -0.394 e. The van der Waals surface area contributed by atoms with Gasteiger partial charge in [0.25, 0.3) is 0 Å². The Balaban J connectivity index is 2.26. The van der Waals surface area contributed by atoms with Crippen LogP contribution in [0.4, 0.5) is 0 Å². The number of aliphatic hydroxyl groups is 5. The molecule has 7 atom stereocenters. The normalized spacial score (nSPS) is 25.2. The molecule has 39 heavy (non-hydrogen) atoms. The van der Waals surface area contributed by atoms with Crippen molar-refractivity contribution < 1.29 is 39.8 Å². The van der Waals surface area contributed by atoms with Gasteiger partial charge in [0.2, 0.25) is 5.91 Å². The molecule has 1 saturated heterocycles. The van der Waals surface area contributed by atoms with E-state index in [1.807, 2.05) is 6.08 Å². The summed E-state index contributed by atoms with van der Waals surface area (Å²) >= 11 is 0. The van der Waals surface area contributed by atoms with Gasteiger partial charge in [-0.05, 0) is 12.8 Å². The molecule has 0 aromatic rings. The first-order chi connectivity index (χ1) is 18.8. The Labute approximate surface area is 236 Å². The van der Waals surface area contributed by atoms with E-state index in [9.17, 15) is 30.3 Å². The van der Waals surface area contributed by atoms with Gasteiger partial charge in [0.05, 0.1) is 25.4 Å². The predicted molar refractivity (Wildman–Crippen MR) is 152 cm³/mol. The van der Waals surface area contributed by atoms with Gasteiger partial charge in [0.1, 0.15) is 24.4 Å². The van der Waals surface area contributed by atoms with Crippen LogP contribution in [0.25, 0.3) is 0 Å². The van der Waals surface area contributed by atoms with Crippen molar-refractivity contribution in [3.05, 3.63) is 12.2 Å². The summed E-state index contributed by atoms with van der Waals surface area (Å²) in [5.74, 6) is -0.267. The van der Waals surface area contributed by atoms with Gasteiger partial charge in [-0.1, -0.05) is 109 Å². The number of nitrogens with one attached hydrogen (secondary N) is 1. The van der Waals surface area contributed by atoms with Crippen LogP contribution in [-0.2, 0) is 14.3 Å². The van der Waals surface area contributed by atoms with E-state index in [0.717, 1.165) is 19.3 Å². The molecule has 0 radical (unpaired) electrons. The summed E-state index contributed by atoms with van der Waals surface area (Å²) in [6.07, 6.45) is 14.8. The lowest BCUT2D eigenvalue weighted by Gasteiger charge is -2.40. The lowest BCUT2D eigenvalue weighted by Crippen LogP contribution is -2.60. The summed E-state index contributed by atoms with van der Waals surface area (Å²) < 4.78 is 10.9. The number of allylic oxidation sites excluding steroid dienone is 1. The third kappa shape index (κ3) is 15.5. The van der Waals surface area contributed by atoms with Crippen LogP contribution in [0.15, 0.2) is 12.2 Å². The zero-order chi connectivity index (χ0) is 28.9. The third-order valence-electron chi connectivity index (χ3n) is 7.43.